The maximum absolute atomic E-state index is 12.1. The number of nitrogens with one attached hydrogen (secondary N) is 1. The molecule has 0 atom stereocenters. The molecule has 0 radical (unpaired) electrons. The average Bonchev–Trinajstić information content (AvgIpc) is 2.85. The quantitative estimate of drug-likeness (QED) is 0.791. The van der Waals surface area contributed by atoms with Gasteiger partial charge in [-0.2, -0.15) is 0 Å². The van der Waals surface area contributed by atoms with Gasteiger partial charge in [0.1, 0.15) is 6.26 Å². The van der Waals surface area contributed by atoms with Crippen LogP contribution in [0.4, 0.5) is 0 Å². The third-order valence-electron chi connectivity index (χ3n) is 3.45. The molecule has 1 fully saturated rings. The lowest BCUT2D eigenvalue weighted by Crippen LogP contribution is -2.61. The Hall–Kier alpha value is -1.40. The molecule has 3 N–H and O–H groups in total. The van der Waals surface area contributed by atoms with E-state index < -0.39 is 5.54 Å². The number of rotatable bonds is 3. The number of hydrogen-bond donors (Lipinski definition) is 2. The number of likely N-dealkylation sites (tertiary alicyclic amines) is 1. The molecular formula is C12H17N3O2S. The van der Waals surface area contributed by atoms with Crippen LogP contribution in [0.2, 0.25) is 0 Å². The molecule has 0 bridgehead atoms. The van der Waals surface area contributed by atoms with Crippen LogP contribution in [0.15, 0.2) is 23.0 Å². The van der Waals surface area contributed by atoms with Crippen molar-refractivity contribution in [3.05, 3.63) is 24.2 Å². The first kappa shape index (κ1) is 13.0. The van der Waals surface area contributed by atoms with Crippen LogP contribution in [0.3, 0.4) is 0 Å². The molecule has 0 unspecified atom stereocenters. The van der Waals surface area contributed by atoms with Crippen LogP contribution in [-0.2, 0) is 0 Å². The Morgan fingerprint density at radius 3 is 2.72 bits per heavy atom. The van der Waals surface area contributed by atoms with Crippen LogP contribution < -0.4 is 11.1 Å². The summed E-state index contributed by atoms with van der Waals surface area (Å²) in [5.41, 5.74) is 5.74. The second kappa shape index (κ2) is 5.07. The zero-order valence-corrected chi connectivity index (χ0v) is 11.1. The number of carbonyl (C=O) groups excluding carboxylic acids is 1. The van der Waals surface area contributed by atoms with Crippen molar-refractivity contribution in [1.82, 2.24) is 10.2 Å². The first-order valence-electron chi connectivity index (χ1n) is 5.87. The summed E-state index contributed by atoms with van der Waals surface area (Å²) >= 11 is 5.14. The standard InChI is InChI=1S/C12H17N3O2S/c1-15-5-3-12(4-6-15,11(13)18)14-10(16)9-2-7-17-8-9/h2,7-8H,3-6H2,1H3,(H2,13,18)(H,14,16). The molecule has 0 spiro atoms. The number of piperidine rings is 1. The summed E-state index contributed by atoms with van der Waals surface area (Å²) in [6, 6.07) is 1.62. The molecule has 1 aliphatic heterocycles. The number of hydrogen-bond acceptors (Lipinski definition) is 4. The Bertz CT molecular complexity index is 436. The van der Waals surface area contributed by atoms with Crippen molar-refractivity contribution in [1.29, 1.82) is 0 Å². The minimum absolute atomic E-state index is 0.193. The summed E-state index contributed by atoms with van der Waals surface area (Å²) in [6.07, 6.45) is 4.36. The average molecular weight is 267 g/mol. The second-order valence-corrected chi connectivity index (χ2v) is 5.16. The second-order valence-electron chi connectivity index (χ2n) is 4.72. The normalized spacial score (nSPS) is 19.4. The minimum atomic E-state index is -0.573. The topological polar surface area (TPSA) is 71.5 Å². The smallest absolute Gasteiger partial charge is 0.255 e. The van der Waals surface area contributed by atoms with Gasteiger partial charge < -0.3 is 20.4 Å². The fourth-order valence-electron chi connectivity index (χ4n) is 2.12. The Balaban J connectivity index is 2.12. The van der Waals surface area contributed by atoms with Crippen LogP contribution in [-0.4, -0.2) is 41.5 Å². The zero-order chi connectivity index (χ0) is 13.2. The van der Waals surface area contributed by atoms with Gasteiger partial charge in [0.25, 0.3) is 5.91 Å². The molecule has 1 aromatic heterocycles. The molecule has 1 aliphatic rings. The van der Waals surface area contributed by atoms with Crippen molar-refractivity contribution in [3.8, 4) is 0 Å². The lowest BCUT2D eigenvalue weighted by molar-refractivity contribution is 0.0889. The van der Waals surface area contributed by atoms with E-state index in [9.17, 15) is 4.79 Å². The molecule has 18 heavy (non-hydrogen) atoms. The van der Waals surface area contributed by atoms with Gasteiger partial charge >= 0.3 is 0 Å². The highest BCUT2D eigenvalue weighted by Crippen LogP contribution is 2.22. The molecule has 0 aromatic carbocycles. The number of nitrogens with two attached hydrogens (primary N) is 1. The predicted molar refractivity (Wildman–Crippen MR) is 72.4 cm³/mol. The van der Waals surface area contributed by atoms with Crippen LogP contribution >= 0.6 is 12.2 Å². The van der Waals surface area contributed by atoms with E-state index in [0.717, 1.165) is 25.9 Å². The summed E-state index contributed by atoms with van der Waals surface area (Å²) in [5.74, 6) is -0.193. The fourth-order valence-corrected chi connectivity index (χ4v) is 2.37. The highest BCUT2D eigenvalue weighted by Gasteiger charge is 2.38. The van der Waals surface area contributed by atoms with E-state index in [1.807, 2.05) is 7.05 Å². The van der Waals surface area contributed by atoms with Gasteiger partial charge in [-0.05, 0) is 26.0 Å². The molecule has 1 amide bonds. The van der Waals surface area contributed by atoms with Gasteiger partial charge in [-0.1, -0.05) is 12.2 Å². The number of thiocarbonyl (C=S) groups is 1. The molecule has 98 valence electrons. The molecule has 1 aromatic rings. The van der Waals surface area contributed by atoms with Crippen molar-refractivity contribution in [3.63, 3.8) is 0 Å². The molecule has 6 heteroatoms. The largest absolute Gasteiger partial charge is 0.472 e. The Morgan fingerprint density at radius 2 is 2.22 bits per heavy atom. The van der Waals surface area contributed by atoms with Gasteiger partial charge in [-0.15, -0.1) is 0 Å². The molecule has 1 saturated heterocycles. The maximum Gasteiger partial charge on any atom is 0.255 e. The van der Waals surface area contributed by atoms with Crippen molar-refractivity contribution < 1.29 is 9.21 Å². The summed E-state index contributed by atoms with van der Waals surface area (Å²) < 4.78 is 4.90. The van der Waals surface area contributed by atoms with Crippen molar-refractivity contribution in [2.75, 3.05) is 20.1 Å². The van der Waals surface area contributed by atoms with Gasteiger partial charge in [0.2, 0.25) is 0 Å². The summed E-state index contributed by atoms with van der Waals surface area (Å²) in [6.45, 7) is 1.73. The molecule has 2 rings (SSSR count). The minimum Gasteiger partial charge on any atom is -0.472 e. The lowest BCUT2D eigenvalue weighted by Gasteiger charge is -2.40. The van der Waals surface area contributed by atoms with Gasteiger partial charge in [-0.25, -0.2) is 0 Å². The van der Waals surface area contributed by atoms with E-state index in [-0.39, 0.29) is 5.91 Å². The fraction of sp³-hybridized carbons (Fsp3) is 0.500. The van der Waals surface area contributed by atoms with E-state index >= 15 is 0 Å². The molecule has 5 nitrogen and oxygen atoms in total. The highest BCUT2D eigenvalue weighted by atomic mass is 32.1. The van der Waals surface area contributed by atoms with Crippen molar-refractivity contribution in [2.24, 2.45) is 5.73 Å². The lowest BCUT2D eigenvalue weighted by atomic mass is 9.87. The molecule has 2 heterocycles. The Morgan fingerprint density at radius 1 is 1.56 bits per heavy atom. The van der Waals surface area contributed by atoms with E-state index in [0.29, 0.717) is 10.6 Å². The summed E-state index contributed by atoms with van der Waals surface area (Å²) in [4.78, 5) is 14.6. The number of furan rings is 1. The highest BCUT2D eigenvalue weighted by molar-refractivity contribution is 7.80. The van der Waals surface area contributed by atoms with E-state index in [4.69, 9.17) is 22.4 Å². The summed E-state index contributed by atoms with van der Waals surface area (Å²) in [7, 11) is 2.04. The Labute approximate surface area is 111 Å². The van der Waals surface area contributed by atoms with Gasteiger partial charge in [0.05, 0.1) is 22.4 Å². The summed E-state index contributed by atoms with van der Waals surface area (Å²) in [5, 5.41) is 2.96. The Kier molecular flexibility index (Phi) is 3.68. The third-order valence-corrected chi connectivity index (χ3v) is 3.84. The van der Waals surface area contributed by atoms with Gasteiger partial charge in [0, 0.05) is 13.1 Å². The third kappa shape index (κ3) is 2.54. The van der Waals surface area contributed by atoms with Crippen molar-refractivity contribution in [2.45, 2.75) is 18.4 Å². The van der Waals surface area contributed by atoms with Gasteiger partial charge in [-0.3, -0.25) is 4.79 Å². The SMILES string of the molecule is CN1CCC(NC(=O)c2ccoc2)(C(N)=S)CC1. The number of carbonyl (C=O) groups is 1. The maximum atomic E-state index is 12.1. The van der Waals surface area contributed by atoms with Crippen LogP contribution in [0.1, 0.15) is 23.2 Å². The predicted octanol–water partition coefficient (Wildman–Crippen LogP) is 0.760. The van der Waals surface area contributed by atoms with E-state index in [1.54, 1.807) is 6.07 Å². The van der Waals surface area contributed by atoms with Gasteiger partial charge in [0.15, 0.2) is 0 Å². The molecular weight excluding hydrogens is 250 g/mol. The molecule has 0 aliphatic carbocycles. The first-order chi connectivity index (χ1) is 8.53. The van der Waals surface area contributed by atoms with E-state index in [2.05, 4.69) is 10.2 Å². The monoisotopic (exact) mass is 267 g/mol. The zero-order valence-electron chi connectivity index (χ0n) is 10.3. The van der Waals surface area contributed by atoms with Crippen LogP contribution in [0.25, 0.3) is 0 Å². The molecule has 0 saturated carbocycles. The van der Waals surface area contributed by atoms with Crippen LogP contribution in [0.5, 0.6) is 0 Å². The van der Waals surface area contributed by atoms with Crippen molar-refractivity contribution >= 4 is 23.1 Å². The number of nitrogens with zero attached hydrogens (tertiary/aromatic N) is 1. The first-order valence-corrected chi connectivity index (χ1v) is 6.27. The van der Waals surface area contributed by atoms with E-state index in [1.165, 1.54) is 12.5 Å². The number of amides is 1. The van der Waals surface area contributed by atoms with Crippen LogP contribution in [0, 0.1) is 0 Å².